The molecular weight excluding hydrogens is 357 g/mol. The van der Waals surface area contributed by atoms with Crippen molar-refractivity contribution in [2.24, 2.45) is 0 Å². The molecule has 148 valence electrons. The third-order valence-electron chi connectivity index (χ3n) is 5.09. The van der Waals surface area contributed by atoms with E-state index in [0.717, 1.165) is 25.2 Å². The van der Waals surface area contributed by atoms with E-state index in [9.17, 15) is 14.0 Å². The molecule has 6 heteroatoms. The summed E-state index contributed by atoms with van der Waals surface area (Å²) >= 11 is 0. The molecule has 28 heavy (non-hydrogen) atoms. The van der Waals surface area contributed by atoms with Gasteiger partial charge in [-0.15, -0.1) is 0 Å². The summed E-state index contributed by atoms with van der Waals surface area (Å²) in [5, 5.41) is 2.86. The Hall–Kier alpha value is -2.73. The first-order chi connectivity index (χ1) is 13.6. The van der Waals surface area contributed by atoms with Crippen molar-refractivity contribution in [2.45, 2.75) is 13.3 Å². The lowest BCUT2D eigenvalue weighted by atomic mass is 10.1. The number of hydrogen-bond acceptors (Lipinski definition) is 3. The Labute approximate surface area is 165 Å². The van der Waals surface area contributed by atoms with Crippen LogP contribution in [0.15, 0.2) is 48.5 Å². The Bertz CT molecular complexity index is 815. The molecule has 5 nitrogen and oxygen atoms in total. The van der Waals surface area contributed by atoms with Crippen LogP contribution >= 0.6 is 0 Å². The summed E-state index contributed by atoms with van der Waals surface area (Å²) in [6.07, 6.45) is 0.617. The van der Waals surface area contributed by atoms with Gasteiger partial charge in [0.1, 0.15) is 5.82 Å². The van der Waals surface area contributed by atoms with E-state index in [-0.39, 0.29) is 17.6 Å². The summed E-state index contributed by atoms with van der Waals surface area (Å²) < 4.78 is 12.9. The van der Waals surface area contributed by atoms with Crippen LogP contribution in [0.3, 0.4) is 0 Å². The highest BCUT2D eigenvalue weighted by Crippen LogP contribution is 2.11. The predicted octanol–water partition coefficient (Wildman–Crippen LogP) is 2.58. The molecular formula is C22H26FN3O2. The molecule has 1 aliphatic heterocycles. The zero-order chi connectivity index (χ0) is 19.9. The molecule has 0 radical (unpaired) electrons. The van der Waals surface area contributed by atoms with Crippen molar-refractivity contribution in [1.82, 2.24) is 15.1 Å². The molecule has 2 amide bonds. The first-order valence-electron chi connectivity index (χ1n) is 9.71. The van der Waals surface area contributed by atoms with Crippen LogP contribution in [0.1, 0.15) is 33.2 Å². The number of amides is 2. The van der Waals surface area contributed by atoms with Gasteiger partial charge in [0.25, 0.3) is 11.8 Å². The van der Waals surface area contributed by atoms with Gasteiger partial charge in [0, 0.05) is 43.9 Å². The molecule has 3 rings (SSSR count). The number of carbonyl (C=O) groups excluding carboxylic acids is 2. The summed E-state index contributed by atoms with van der Waals surface area (Å²) in [6.45, 7) is 6.74. The van der Waals surface area contributed by atoms with Crippen LogP contribution in [0.25, 0.3) is 0 Å². The van der Waals surface area contributed by atoms with Crippen molar-refractivity contribution in [1.29, 1.82) is 0 Å². The number of nitrogens with zero attached hydrogens (tertiary/aromatic N) is 2. The molecule has 0 aliphatic carbocycles. The second kappa shape index (κ2) is 9.46. The molecule has 1 N–H and O–H groups in total. The highest BCUT2D eigenvalue weighted by atomic mass is 19.1. The average molecular weight is 383 g/mol. The van der Waals surface area contributed by atoms with Crippen molar-refractivity contribution in [2.75, 3.05) is 39.3 Å². The summed E-state index contributed by atoms with van der Waals surface area (Å²) in [4.78, 5) is 29.3. The molecule has 0 unspecified atom stereocenters. The van der Waals surface area contributed by atoms with Crippen molar-refractivity contribution in [3.8, 4) is 0 Å². The van der Waals surface area contributed by atoms with E-state index >= 15 is 0 Å². The standard InChI is InChI=1S/C22H26FN3O2/c1-2-25-12-14-26(15-13-25)22(28)19-5-3-4-18(16-19)21(27)24-11-10-17-6-8-20(23)9-7-17/h3-9,16H,2,10-15H2,1H3,(H,24,27). The van der Waals surface area contributed by atoms with Crippen molar-refractivity contribution in [3.63, 3.8) is 0 Å². The maximum Gasteiger partial charge on any atom is 0.253 e. The minimum absolute atomic E-state index is 0.0308. The largest absolute Gasteiger partial charge is 0.352 e. The minimum atomic E-state index is -0.273. The molecule has 1 aliphatic rings. The van der Waals surface area contributed by atoms with Crippen LogP contribution in [-0.2, 0) is 6.42 Å². The number of likely N-dealkylation sites (N-methyl/N-ethyl adjacent to an activating group) is 1. The number of benzene rings is 2. The molecule has 1 saturated heterocycles. The first-order valence-corrected chi connectivity index (χ1v) is 9.71. The van der Waals surface area contributed by atoms with Crippen LogP contribution in [0.4, 0.5) is 4.39 Å². The van der Waals surface area contributed by atoms with E-state index in [1.165, 1.54) is 12.1 Å². The Morgan fingerprint density at radius 2 is 1.68 bits per heavy atom. The van der Waals surface area contributed by atoms with Gasteiger partial charge in [-0.1, -0.05) is 25.1 Å². The Balaban J connectivity index is 1.55. The van der Waals surface area contributed by atoms with Gasteiger partial charge in [-0.25, -0.2) is 4.39 Å². The quantitative estimate of drug-likeness (QED) is 0.834. The normalized spacial score (nSPS) is 14.7. The third-order valence-corrected chi connectivity index (χ3v) is 5.09. The molecule has 2 aromatic rings. The van der Waals surface area contributed by atoms with Crippen LogP contribution in [0.5, 0.6) is 0 Å². The molecule has 0 spiro atoms. The van der Waals surface area contributed by atoms with Gasteiger partial charge < -0.3 is 15.1 Å². The Morgan fingerprint density at radius 1 is 1.00 bits per heavy atom. The van der Waals surface area contributed by atoms with Crippen molar-refractivity contribution >= 4 is 11.8 Å². The van der Waals surface area contributed by atoms with Crippen LogP contribution in [-0.4, -0.2) is 60.9 Å². The minimum Gasteiger partial charge on any atom is -0.352 e. The number of carbonyl (C=O) groups is 2. The number of rotatable bonds is 6. The van der Waals surface area contributed by atoms with E-state index < -0.39 is 0 Å². The predicted molar refractivity (Wildman–Crippen MR) is 107 cm³/mol. The lowest BCUT2D eigenvalue weighted by Crippen LogP contribution is -2.48. The van der Waals surface area contributed by atoms with Crippen molar-refractivity contribution in [3.05, 3.63) is 71.0 Å². The van der Waals surface area contributed by atoms with Gasteiger partial charge in [0.15, 0.2) is 0 Å². The van der Waals surface area contributed by atoms with E-state index in [1.54, 1.807) is 36.4 Å². The monoisotopic (exact) mass is 383 g/mol. The van der Waals surface area contributed by atoms with Crippen molar-refractivity contribution < 1.29 is 14.0 Å². The topological polar surface area (TPSA) is 52.7 Å². The van der Waals surface area contributed by atoms with E-state index in [4.69, 9.17) is 0 Å². The smallest absolute Gasteiger partial charge is 0.253 e. The number of piperazine rings is 1. The summed E-state index contributed by atoms with van der Waals surface area (Å²) in [5.41, 5.74) is 1.96. The molecule has 0 atom stereocenters. The third kappa shape index (κ3) is 5.16. The van der Waals surface area contributed by atoms with Gasteiger partial charge in [-0.3, -0.25) is 9.59 Å². The fraction of sp³-hybridized carbons (Fsp3) is 0.364. The summed E-state index contributed by atoms with van der Waals surface area (Å²) in [5.74, 6) is -0.519. The van der Waals surface area contributed by atoms with Crippen LogP contribution in [0.2, 0.25) is 0 Å². The highest BCUT2D eigenvalue weighted by Gasteiger charge is 2.21. The fourth-order valence-corrected chi connectivity index (χ4v) is 3.32. The van der Waals surface area contributed by atoms with E-state index in [0.29, 0.717) is 37.2 Å². The fourth-order valence-electron chi connectivity index (χ4n) is 3.32. The lowest BCUT2D eigenvalue weighted by Gasteiger charge is -2.34. The average Bonchev–Trinajstić information content (AvgIpc) is 2.74. The Morgan fingerprint density at radius 3 is 2.36 bits per heavy atom. The zero-order valence-electron chi connectivity index (χ0n) is 16.2. The maximum atomic E-state index is 12.9. The van der Waals surface area contributed by atoms with Gasteiger partial charge >= 0.3 is 0 Å². The molecule has 1 heterocycles. The van der Waals surface area contributed by atoms with Gasteiger partial charge in [0.2, 0.25) is 0 Å². The molecule has 2 aromatic carbocycles. The second-order valence-electron chi connectivity index (χ2n) is 6.94. The second-order valence-corrected chi connectivity index (χ2v) is 6.94. The highest BCUT2D eigenvalue weighted by molar-refractivity contribution is 5.99. The van der Waals surface area contributed by atoms with Gasteiger partial charge in [0.05, 0.1) is 0 Å². The van der Waals surface area contributed by atoms with E-state index in [2.05, 4.69) is 17.1 Å². The number of nitrogens with one attached hydrogen (secondary N) is 1. The number of hydrogen-bond donors (Lipinski definition) is 1. The van der Waals surface area contributed by atoms with Gasteiger partial charge in [-0.05, 0) is 48.9 Å². The zero-order valence-corrected chi connectivity index (χ0v) is 16.2. The lowest BCUT2D eigenvalue weighted by molar-refractivity contribution is 0.0643. The molecule has 0 aromatic heterocycles. The number of halogens is 1. The van der Waals surface area contributed by atoms with Gasteiger partial charge in [-0.2, -0.15) is 0 Å². The Kier molecular flexibility index (Phi) is 6.76. The van der Waals surface area contributed by atoms with Crippen LogP contribution in [0, 0.1) is 5.82 Å². The summed E-state index contributed by atoms with van der Waals surface area (Å²) in [7, 11) is 0. The SMILES string of the molecule is CCN1CCN(C(=O)c2cccc(C(=O)NCCc3ccc(F)cc3)c2)CC1. The maximum absolute atomic E-state index is 12.9. The van der Waals surface area contributed by atoms with Crippen LogP contribution < -0.4 is 5.32 Å². The van der Waals surface area contributed by atoms with E-state index in [1.807, 2.05) is 4.90 Å². The molecule has 1 fully saturated rings. The summed E-state index contributed by atoms with van der Waals surface area (Å²) in [6, 6.07) is 13.1. The molecule has 0 bridgehead atoms. The molecule has 0 saturated carbocycles. The first kappa shape index (κ1) is 20.0.